The predicted octanol–water partition coefficient (Wildman–Crippen LogP) is 2.81. The van der Waals surface area contributed by atoms with Crippen LogP contribution in [0.2, 0.25) is 0 Å². The molecule has 0 spiro atoms. The number of hydrogen-bond acceptors (Lipinski definition) is 3. The van der Waals surface area contributed by atoms with E-state index in [2.05, 4.69) is 6.08 Å². The maximum absolute atomic E-state index is 10.1. The Kier molecular flexibility index (Phi) is 8.93. The fourth-order valence-corrected chi connectivity index (χ4v) is 2.50. The summed E-state index contributed by atoms with van der Waals surface area (Å²) in [5.41, 5.74) is 0. The summed E-state index contributed by atoms with van der Waals surface area (Å²) in [7, 11) is 3.37. The molecule has 0 aliphatic carbocycles. The lowest BCUT2D eigenvalue weighted by Crippen LogP contribution is -1.94. The molecule has 0 bridgehead atoms. The standard InChI is InChI=1S/C8H14O2S2/c1-2-3-4-6-11-12-7-5-8(9)10/h2-3H,4-7H2,1H3,(H,9,10)/b3-2-. The average molecular weight is 206 g/mol. The van der Waals surface area contributed by atoms with Crippen LogP contribution in [-0.4, -0.2) is 22.6 Å². The monoisotopic (exact) mass is 206 g/mol. The van der Waals surface area contributed by atoms with Gasteiger partial charge in [-0.3, -0.25) is 4.79 Å². The Bertz CT molecular complexity index is 146. The first-order valence-corrected chi connectivity index (χ1v) is 6.33. The van der Waals surface area contributed by atoms with Gasteiger partial charge in [0.2, 0.25) is 0 Å². The van der Waals surface area contributed by atoms with Crippen LogP contribution in [0.1, 0.15) is 19.8 Å². The Labute approximate surface area is 81.2 Å². The fraction of sp³-hybridized carbons (Fsp3) is 0.625. The van der Waals surface area contributed by atoms with Gasteiger partial charge in [0.25, 0.3) is 0 Å². The van der Waals surface area contributed by atoms with Crippen LogP contribution in [0.3, 0.4) is 0 Å². The number of allylic oxidation sites excluding steroid dienone is 2. The van der Waals surface area contributed by atoms with Crippen molar-refractivity contribution in [2.45, 2.75) is 19.8 Å². The van der Waals surface area contributed by atoms with Crippen molar-refractivity contribution in [1.82, 2.24) is 0 Å². The number of hydrogen-bond donors (Lipinski definition) is 1. The minimum atomic E-state index is -0.712. The number of carbonyl (C=O) groups is 1. The normalized spacial score (nSPS) is 10.8. The lowest BCUT2D eigenvalue weighted by Gasteiger charge is -1.95. The summed E-state index contributed by atoms with van der Waals surface area (Å²) in [4.78, 5) is 10.1. The van der Waals surface area contributed by atoms with Gasteiger partial charge in [-0.1, -0.05) is 33.7 Å². The molecule has 0 aromatic carbocycles. The Morgan fingerprint density at radius 3 is 2.67 bits per heavy atom. The number of carboxylic acids is 1. The van der Waals surface area contributed by atoms with Gasteiger partial charge < -0.3 is 5.11 Å². The average Bonchev–Trinajstić information content (AvgIpc) is 2.02. The molecule has 4 heteroatoms. The summed E-state index contributed by atoms with van der Waals surface area (Å²) >= 11 is 0. The summed E-state index contributed by atoms with van der Waals surface area (Å²) in [6.07, 6.45) is 5.48. The third kappa shape index (κ3) is 9.91. The molecule has 0 unspecified atom stereocenters. The van der Waals surface area contributed by atoms with Gasteiger partial charge >= 0.3 is 5.97 Å². The quantitative estimate of drug-likeness (QED) is 0.395. The molecule has 0 saturated carbocycles. The van der Waals surface area contributed by atoms with E-state index in [1.165, 1.54) is 0 Å². The van der Waals surface area contributed by atoms with Gasteiger partial charge in [0.05, 0.1) is 6.42 Å². The minimum Gasteiger partial charge on any atom is -0.481 e. The molecule has 0 fully saturated rings. The van der Waals surface area contributed by atoms with E-state index in [1.807, 2.05) is 13.0 Å². The zero-order chi connectivity index (χ0) is 9.23. The second-order valence-electron chi connectivity index (χ2n) is 2.15. The van der Waals surface area contributed by atoms with Crippen LogP contribution >= 0.6 is 21.6 Å². The summed E-state index contributed by atoms with van der Waals surface area (Å²) in [6, 6.07) is 0. The molecule has 0 rings (SSSR count). The van der Waals surface area contributed by atoms with Crippen LogP contribution in [0.4, 0.5) is 0 Å². The molecule has 0 atom stereocenters. The smallest absolute Gasteiger partial charge is 0.304 e. The number of aliphatic carboxylic acids is 1. The van der Waals surface area contributed by atoms with Gasteiger partial charge in [-0.2, -0.15) is 0 Å². The zero-order valence-electron chi connectivity index (χ0n) is 7.16. The molecule has 0 aromatic heterocycles. The fourth-order valence-electron chi connectivity index (χ4n) is 0.530. The van der Waals surface area contributed by atoms with Crippen LogP contribution < -0.4 is 0 Å². The third-order valence-corrected chi connectivity index (χ3v) is 3.53. The summed E-state index contributed by atoms with van der Waals surface area (Å²) in [6.45, 7) is 2.00. The van der Waals surface area contributed by atoms with Gasteiger partial charge in [0.15, 0.2) is 0 Å². The van der Waals surface area contributed by atoms with Crippen molar-refractivity contribution in [1.29, 1.82) is 0 Å². The molecule has 12 heavy (non-hydrogen) atoms. The predicted molar refractivity (Wildman–Crippen MR) is 56.6 cm³/mol. The van der Waals surface area contributed by atoms with Gasteiger partial charge in [-0.15, -0.1) is 0 Å². The third-order valence-electron chi connectivity index (χ3n) is 1.09. The van der Waals surface area contributed by atoms with Crippen LogP contribution in [0, 0.1) is 0 Å². The van der Waals surface area contributed by atoms with E-state index in [1.54, 1.807) is 21.6 Å². The molecule has 0 aromatic rings. The van der Waals surface area contributed by atoms with Crippen molar-refractivity contribution in [3.63, 3.8) is 0 Å². The maximum Gasteiger partial charge on any atom is 0.304 e. The highest BCUT2D eigenvalue weighted by atomic mass is 33.1. The van der Waals surface area contributed by atoms with Crippen LogP contribution in [0.15, 0.2) is 12.2 Å². The molecule has 0 aliphatic heterocycles. The molecular formula is C8H14O2S2. The maximum atomic E-state index is 10.1. The summed E-state index contributed by atoms with van der Waals surface area (Å²) < 4.78 is 0. The van der Waals surface area contributed by atoms with Crippen molar-refractivity contribution in [3.05, 3.63) is 12.2 Å². The first-order valence-electron chi connectivity index (χ1n) is 3.84. The largest absolute Gasteiger partial charge is 0.481 e. The summed E-state index contributed by atoms with van der Waals surface area (Å²) in [5, 5.41) is 8.32. The van der Waals surface area contributed by atoms with E-state index in [0.717, 1.165) is 12.2 Å². The SMILES string of the molecule is C/C=C\CCSSCCC(=O)O. The lowest BCUT2D eigenvalue weighted by atomic mass is 10.4. The minimum absolute atomic E-state index is 0.265. The highest BCUT2D eigenvalue weighted by molar-refractivity contribution is 8.76. The molecule has 1 N–H and O–H groups in total. The van der Waals surface area contributed by atoms with E-state index in [0.29, 0.717) is 5.75 Å². The van der Waals surface area contributed by atoms with Crippen LogP contribution in [-0.2, 0) is 4.79 Å². The second kappa shape index (κ2) is 9.00. The van der Waals surface area contributed by atoms with Crippen LogP contribution in [0.5, 0.6) is 0 Å². The first-order chi connectivity index (χ1) is 5.77. The van der Waals surface area contributed by atoms with Gasteiger partial charge in [0.1, 0.15) is 0 Å². The Balaban J connectivity index is 2.96. The summed E-state index contributed by atoms with van der Waals surface area (Å²) in [5.74, 6) is 1.06. The van der Waals surface area contributed by atoms with Crippen molar-refractivity contribution >= 4 is 27.6 Å². The van der Waals surface area contributed by atoms with Crippen molar-refractivity contribution in [2.24, 2.45) is 0 Å². The Hall–Kier alpha value is -0.0900. The number of rotatable bonds is 7. The molecule has 0 heterocycles. The second-order valence-corrected chi connectivity index (χ2v) is 4.85. The van der Waals surface area contributed by atoms with E-state index in [-0.39, 0.29) is 6.42 Å². The highest BCUT2D eigenvalue weighted by Gasteiger charge is 1.95. The van der Waals surface area contributed by atoms with Crippen molar-refractivity contribution in [2.75, 3.05) is 11.5 Å². The van der Waals surface area contributed by atoms with E-state index in [4.69, 9.17) is 5.11 Å². The molecular weight excluding hydrogens is 192 g/mol. The van der Waals surface area contributed by atoms with E-state index >= 15 is 0 Å². The lowest BCUT2D eigenvalue weighted by molar-refractivity contribution is -0.136. The van der Waals surface area contributed by atoms with Crippen LogP contribution in [0.25, 0.3) is 0 Å². The van der Waals surface area contributed by atoms with Gasteiger partial charge in [0, 0.05) is 11.5 Å². The van der Waals surface area contributed by atoms with E-state index in [9.17, 15) is 4.79 Å². The molecule has 2 nitrogen and oxygen atoms in total. The molecule has 0 saturated heterocycles. The zero-order valence-corrected chi connectivity index (χ0v) is 8.79. The Morgan fingerprint density at radius 1 is 1.42 bits per heavy atom. The molecule has 0 radical (unpaired) electrons. The van der Waals surface area contributed by atoms with Crippen molar-refractivity contribution < 1.29 is 9.90 Å². The molecule has 70 valence electrons. The van der Waals surface area contributed by atoms with Gasteiger partial charge in [-0.05, 0) is 13.3 Å². The first kappa shape index (κ1) is 11.9. The molecule has 0 aliphatic rings. The van der Waals surface area contributed by atoms with Crippen molar-refractivity contribution in [3.8, 4) is 0 Å². The number of carboxylic acid groups (broad SMARTS) is 1. The molecule has 0 amide bonds. The Morgan fingerprint density at radius 2 is 2.08 bits per heavy atom. The topological polar surface area (TPSA) is 37.3 Å². The highest BCUT2D eigenvalue weighted by Crippen LogP contribution is 2.22. The van der Waals surface area contributed by atoms with E-state index < -0.39 is 5.97 Å². The van der Waals surface area contributed by atoms with Gasteiger partial charge in [-0.25, -0.2) is 0 Å².